The molecule has 1 heterocycles. The van der Waals surface area contributed by atoms with Crippen LogP contribution in [0.3, 0.4) is 0 Å². The highest BCUT2D eigenvalue weighted by atomic mass is 32.1. The Bertz CT molecular complexity index is 1220. The number of hydrogen-bond acceptors (Lipinski definition) is 5. The number of thiophene rings is 1. The van der Waals surface area contributed by atoms with E-state index in [1.165, 1.54) is 25.1 Å². The maximum atomic E-state index is 13.1. The third-order valence-corrected chi connectivity index (χ3v) is 5.73. The minimum Gasteiger partial charge on any atom is -0.465 e. The van der Waals surface area contributed by atoms with E-state index in [0.717, 1.165) is 48.8 Å². The van der Waals surface area contributed by atoms with Crippen molar-refractivity contribution < 1.29 is 36.7 Å². The third kappa shape index (κ3) is 5.37. The molecule has 3 aromatic rings. The van der Waals surface area contributed by atoms with E-state index < -0.39 is 35.3 Å². The van der Waals surface area contributed by atoms with Crippen molar-refractivity contribution in [3.05, 3.63) is 81.5 Å². The first-order chi connectivity index (χ1) is 15.5. The molecule has 2 amide bonds. The lowest BCUT2D eigenvalue weighted by molar-refractivity contribution is -0.137. The summed E-state index contributed by atoms with van der Waals surface area (Å²) in [4.78, 5) is 37.6. The largest absolute Gasteiger partial charge is 0.465 e. The molecule has 2 aromatic carbocycles. The van der Waals surface area contributed by atoms with Crippen LogP contribution in [0, 0.1) is 12.7 Å². The number of esters is 1. The third-order valence-electron chi connectivity index (χ3n) is 4.52. The molecule has 0 fully saturated rings. The monoisotopic (exact) mass is 480 g/mol. The summed E-state index contributed by atoms with van der Waals surface area (Å²) in [6, 6.07) is 8.73. The van der Waals surface area contributed by atoms with Crippen LogP contribution in [0.1, 0.15) is 41.5 Å². The molecular formula is C22H16F4N2O4S. The highest BCUT2D eigenvalue weighted by Crippen LogP contribution is 2.35. The van der Waals surface area contributed by atoms with Crippen LogP contribution in [0.25, 0.3) is 0 Å². The molecule has 0 unspecified atom stereocenters. The molecule has 0 aliphatic heterocycles. The summed E-state index contributed by atoms with van der Waals surface area (Å²) in [5.41, 5.74) is -0.837. The average Bonchev–Trinajstić information content (AvgIpc) is 3.09. The van der Waals surface area contributed by atoms with Crippen LogP contribution in [-0.4, -0.2) is 24.9 Å². The van der Waals surface area contributed by atoms with E-state index in [1.54, 1.807) is 0 Å². The maximum absolute atomic E-state index is 13.1. The van der Waals surface area contributed by atoms with Crippen molar-refractivity contribution in [3.63, 3.8) is 0 Å². The van der Waals surface area contributed by atoms with Gasteiger partial charge in [-0.25, -0.2) is 9.18 Å². The number of ether oxygens (including phenoxy) is 1. The van der Waals surface area contributed by atoms with Crippen molar-refractivity contribution in [1.82, 2.24) is 0 Å². The van der Waals surface area contributed by atoms with E-state index in [0.29, 0.717) is 0 Å². The van der Waals surface area contributed by atoms with Crippen LogP contribution in [0.15, 0.2) is 48.5 Å². The van der Waals surface area contributed by atoms with E-state index in [2.05, 4.69) is 10.6 Å². The molecule has 0 saturated heterocycles. The van der Waals surface area contributed by atoms with E-state index in [9.17, 15) is 31.9 Å². The second kappa shape index (κ2) is 9.41. The summed E-state index contributed by atoms with van der Waals surface area (Å²) in [7, 11) is 1.12. The topological polar surface area (TPSA) is 84.5 Å². The molecule has 0 spiro atoms. The first kappa shape index (κ1) is 23.9. The maximum Gasteiger partial charge on any atom is 0.416 e. The number of anilines is 2. The summed E-state index contributed by atoms with van der Waals surface area (Å²) < 4.78 is 56.7. The lowest BCUT2D eigenvalue weighted by Gasteiger charge is -2.09. The van der Waals surface area contributed by atoms with Gasteiger partial charge in [-0.2, -0.15) is 13.2 Å². The van der Waals surface area contributed by atoms with Gasteiger partial charge in [-0.1, -0.05) is 6.07 Å². The van der Waals surface area contributed by atoms with Crippen LogP contribution < -0.4 is 10.6 Å². The van der Waals surface area contributed by atoms with E-state index in [-0.39, 0.29) is 32.3 Å². The van der Waals surface area contributed by atoms with Gasteiger partial charge < -0.3 is 15.4 Å². The number of amides is 2. The van der Waals surface area contributed by atoms with Crippen molar-refractivity contribution >= 4 is 39.8 Å². The normalized spacial score (nSPS) is 11.1. The van der Waals surface area contributed by atoms with E-state index in [1.807, 2.05) is 0 Å². The van der Waals surface area contributed by atoms with Crippen LogP contribution in [-0.2, 0) is 10.9 Å². The Morgan fingerprint density at radius 1 is 0.970 bits per heavy atom. The van der Waals surface area contributed by atoms with Crippen LogP contribution in [0.4, 0.5) is 28.3 Å². The quantitative estimate of drug-likeness (QED) is 0.373. The summed E-state index contributed by atoms with van der Waals surface area (Å²) in [5, 5.41) is 4.87. The zero-order valence-corrected chi connectivity index (χ0v) is 18.0. The molecule has 0 bridgehead atoms. The Morgan fingerprint density at radius 2 is 1.64 bits per heavy atom. The van der Waals surface area contributed by atoms with Crippen molar-refractivity contribution in [2.24, 2.45) is 0 Å². The first-order valence-electron chi connectivity index (χ1n) is 9.28. The van der Waals surface area contributed by atoms with Crippen molar-refractivity contribution in [3.8, 4) is 0 Å². The number of carbonyl (C=O) groups is 3. The fraction of sp³-hybridized carbons (Fsp3) is 0.136. The Hall–Kier alpha value is -3.73. The Morgan fingerprint density at radius 3 is 2.24 bits per heavy atom. The summed E-state index contributed by atoms with van der Waals surface area (Å²) >= 11 is 0.752. The van der Waals surface area contributed by atoms with Gasteiger partial charge in [-0.3, -0.25) is 9.59 Å². The SMILES string of the molecule is COC(=O)c1c(NC(=O)c2ccc(F)cc2)sc(C(=O)Nc2cccc(C(F)(F)F)c2)c1C. The minimum absolute atomic E-state index is 0.00265. The molecule has 1 aromatic heterocycles. The molecule has 0 saturated carbocycles. The summed E-state index contributed by atoms with van der Waals surface area (Å²) in [5.74, 6) is -2.80. The molecule has 33 heavy (non-hydrogen) atoms. The van der Waals surface area contributed by atoms with Crippen molar-refractivity contribution in [1.29, 1.82) is 0 Å². The number of carbonyl (C=O) groups excluding carboxylic acids is 3. The fourth-order valence-corrected chi connectivity index (χ4v) is 3.99. The van der Waals surface area contributed by atoms with Gasteiger partial charge in [-0.15, -0.1) is 11.3 Å². The smallest absolute Gasteiger partial charge is 0.416 e. The summed E-state index contributed by atoms with van der Waals surface area (Å²) in [6.07, 6.45) is -4.59. The predicted molar refractivity (Wildman–Crippen MR) is 114 cm³/mol. The lowest BCUT2D eigenvalue weighted by atomic mass is 10.1. The van der Waals surface area contributed by atoms with E-state index >= 15 is 0 Å². The van der Waals surface area contributed by atoms with Gasteiger partial charge in [0.15, 0.2) is 0 Å². The zero-order valence-electron chi connectivity index (χ0n) is 17.2. The Kier molecular flexibility index (Phi) is 6.82. The molecule has 2 N–H and O–H groups in total. The second-order valence-corrected chi connectivity index (χ2v) is 7.77. The van der Waals surface area contributed by atoms with Gasteiger partial charge in [0, 0.05) is 11.3 Å². The number of rotatable bonds is 5. The number of methoxy groups -OCH3 is 1. The molecule has 0 aliphatic rings. The molecule has 172 valence electrons. The Balaban J connectivity index is 1.92. The van der Waals surface area contributed by atoms with E-state index in [4.69, 9.17) is 4.74 Å². The molecular weight excluding hydrogens is 464 g/mol. The zero-order chi connectivity index (χ0) is 24.3. The average molecular weight is 480 g/mol. The second-order valence-electron chi connectivity index (χ2n) is 6.75. The summed E-state index contributed by atoms with van der Waals surface area (Å²) in [6.45, 7) is 1.44. The van der Waals surface area contributed by atoms with Gasteiger partial charge in [0.25, 0.3) is 11.8 Å². The molecule has 0 radical (unpaired) electrons. The molecule has 0 aliphatic carbocycles. The van der Waals surface area contributed by atoms with Gasteiger partial charge in [-0.05, 0) is 55.0 Å². The van der Waals surface area contributed by atoms with Gasteiger partial charge in [0.05, 0.1) is 23.1 Å². The van der Waals surface area contributed by atoms with Crippen LogP contribution >= 0.6 is 11.3 Å². The lowest BCUT2D eigenvalue weighted by Crippen LogP contribution is -2.14. The molecule has 6 nitrogen and oxygen atoms in total. The number of halogens is 4. The number of benzene rings is 2. The highest BCUT2D eigenvalue weighted by molar-refractivity contribution is 7.19. The molecule has 3 rings (SSSR count). The number of nitrogens with one attached hydrogen (secondary N) is 2. The highest BCUT2D eigenvalue weighted by Gasteiger charge is 2.31. The minimum atomic E-state index is -4.59. The number of alkyl halides is 3. The standard InChI is InChI=1S/C22H16F4N2O4S/c1-11-16(21(31)32-2)20(28-18(29)12-6-8-14(23)9-7-12)33-17(11)19(30)27-15-5-3-4-13(10-15)22(24,25)26/h3-10H,1-2H3,(H,27,30)(H,28,29). The van der Waals surface area contributed by atoms with Crippen molar-refractivity contribution in [2.75, 3.05) is 17.7 Å². The van der Waals surface area contributed by atoms with Gasteiger partial charge in [0.1, 0.15) is 10.8 Å². The molecule has 0 atom stereocenters. The van der Waals surface area contributed by atoms with Gasteiger partial charge >= 0.3 is 12.1 Å². The number of hydrogen-bond donors (Lipinski definition) is 2. The first-order valence-corrected chi connectivity index (χ1v) is 10.1. The van der Waals surface area contributed by atoms with Gasteiger partial charge in [0.2, 0.25) is 0 Å². The fourth-order valence-electron chi connectivity index (χ4n) is 2.90. The van der Waals surface area contributed by atoms with Crippen LogP contribution in [0.5, 0.6) is 0 Å². The Labute approximate surface area is 189 Å². The predicted octanol–water partition coefficient (Wildman–Crippen LogP) is 5.51. The molecule has 11 heteroatoms. The van der Waals surface area contributed by atoms with Crippen LogP contribution in [0.2, 0.25) is 0 Å². The van der Waals surface area contributed by atoms with Crippen molar-refractivity contribution in [2.45, 2.75) is 13.1 Å².